The Bertz CT molecular complexity index is 1570. The van der Waals surface area contributed by atoms with Crippen molar-refractivity contribution < 1.29 is 0 Å². The van der Waals surface area contributed by atoms with E-state index in [9.17, 15) is 4.79 Å². The average Bonchev–Trinajstić information content (AvgIpc) is 3.09. The second kappa shape index (κ2) is 7.48. The van der Waals surface area contributed by atoms with Crippen molar-refractivity contribution in [2.75, 3.05) is 0 Å². The number of para-hydroxylation sites is 2. The molecule has 0 unspecified atom stereocenters. The molecule has 6 nitrogen and oxygen atoms in total. The van der Waals surface area contributed by atoms with Gasteiger partial charge in [0.25, 0.3) is 5.56 Å². The van der Waals surface area contributed by atoms with Crippen molar-refractivity contribution in [1.29, 1.82) is 0 Å². The van der Waals surface area contributed by atoms with Gasteiger partial charge in [-0.1, -0.05) is 48.3 Å². The van der Waals surface area contributed by atoms with E-state index >= 15 is 0 Å². The molecule has 3 aromatic heterocycles. The van der Waals surface area contributed by atoms with E-state index in [1.54, 1.807) is 22.8 Å². The van der Waals surface area contributed by atoms with Crippen LogP contribution < -0.4 is 5.56 Å². The molecule has 5 rings (SSSR count). The highest BCUT2D eigenvalue weighted by Gasteiger charge is 2.22. The fourth-order valence-electron chi connectivity index (χ4n) is 3.83. The predicted molar refractivity (Wildman–Crippen MR) is 126 cm³/mol. The zero-order valence-electron chi connectivity index (χ0n) is 16.6. The van der Waals surface area contributed by atoms with Crippen LogP contribution in [0.5, 0.6) is 0 Å². The summed E-state index contributed by atoms with van der Waals surface area (Å²) in [6, 6.07) is 12.8. The largest absolute Gasteiger partial charge is 0.292 e. The van der Waals surface area contributed by atoms with Gasteiger partial charge in [-0.2, -0.15) is 0 Å². The van der Waals surface area contributed by atoms with Gasteiger partial charge in [-0.05, 0) is 30.3 Å². The molecule has 31 heavy (non-hydrogen) atoms. The fourth-order valence-corrected chi connectivity index (χ4v) is 4.12. The van der Waals surface area contributed by atoms with Crippen LogP contribution in [0.4, 0.5) is 0 Å². The van der Waals surface area contributed by atoms with E-state index in [1.165, 1.54) is 0 Å². The van der Waals surface area contributed by atoms with Crippen LogP contribution in [0.2, 0.25) is 10.0 Å². The second-order valence-corrected chi connectivity index (χ2v) is 7.92. The molecular weight excluding hydrogens is 433 g/mol. The Morgan fingerprint density at radius 2 is 1.74 bits per heavy atom. The van der Waals surface area contributed by atoms with Crippen LogP contribution in [0.25, 0.3) is 38.9 Å². The van der Waals surface area contributed by atoms with Gasteiger partial charge in [0, 0.05) is 13.0 Å². The molecule has 0 saturated heterocycles. The lowest BCUT2D eigenvalue weighted by Gasteiger charge is -2.11. The molecule has 0 aliphatic carbocycles. The highest BCUT2D eigenvalue weighted by atomic mass is 35.5. The number of allylic oxidation sites excluding steroid dienone is 1. The number of benzene rings is 2. The zero-order chi connectivity index (χ0) is 21.7. The molecular formula is C23H17Cl2N5O. The lowest BCUT2D eigenvalue weighted by Crippen LogP contribution is -2.24. The third kappa shape index (κ3) is 3.02. The van der Waals surface area contributed by atoms with Crippen LogP contribution >= 0.6 is 23.2 Å². The summed E-state index contributed by atoms with van der Waals surface area (Å²) < 4.78 is 3.45. The van der Waals surface area contributed by atoms with Crippen molar-refractivity contribution in [3.05, 3.63) is 81.3 Å². The molecule has 2 aromatic carbocycles. The van der Waals surface area contributed by atoms with Crippen LogP contribution in [0, 0.1) is 0 Å². The maximum atomic E-state index is 13.6. The van der Waals surface area contributed by atoms with Crippen molar-refractivity contribution in [2.24, 2.45) is 0 Å². The predicted octanol–water partition coefficient (Wildman–Crippen LogP) is 5.34. The Morgan fingerprint density at radius 1 is 1.00 bits per heavy atom. The smallest absolute Gasteiger partial charge is 0.265 e. The fraction of sp³-hybridized carbons (Fsp3) is 0.130. The van der Waals surface area contributed by atoms with E-state index < -0.39 is 0 Å². The number of hydrogen-bond donors (Lipinski definition) is 0. The summed E-state index contributed by atoms with van der Waals surface area (Å²) in [5, 5.41) is 1.26. The van der Waals surface area contributed by atoms with Crippen LogP contribution in [0.1, 0.15) is 12.7 Å². The van der Waals surface area contributed by atoms with E-state index in [2.05, 4.69) is 6.58 Å². The Kier molecular flexibility index (Phi) is 4.76. The summed E-state index contributed by atoms with van der Waals surface area (Å²) in [6.07, 6.45) is 2.28. The van der Waals surface area contributed by atoms with Crippen LogP contribution in [-0.2, 0) is 13.0 Å². The summed E-state index contributed by atoms with van der Waals surface area (Å²) in [7, 11) is 0. The number of nitrogens with zero attached hydrogens (tertiary/aromatic N) is 5. The second-order valence-electron chi connectivity index (χ2n) is 7.10. The highest BCUT2D eigenvalue weighted by Crippen LogP contribution is 2.31. The van der Waals surface area contributed by atoms with Gasteiger partial charge in [-0.25, -0.2) is 15.0 Å². The van der Waals surface area contributed by atoms with Crippen molar-refractivity contribution in [1.82, 2.24) is 24.1 Å². The van der Waals surface area contributed by atoms with Gasteiger partial charge in [0.2, 0.25) is 0 Å². The number of aryl methyl sites for hydroxylation is 1. The van der Waals surface area contributed by atoms with E-state index in [4.69, 9.17) is 38.2 Å². The van der Waals surface area contributed by atoms with Crippen molar-refractivity contribution in [2.45, 2.75) is 19.9 Å². The van der Waals surface area contributed by atoms with Gasteiger partial charge in [-0.3, -0.25) is 13.9 Å². The number of aromatic nitrogens is 5. The molecule has 0 aliphatic heterocycles. The Labute approximate surface area is 187 Å². The summed E-state index contributed by atoms with van der Waals surface area (Å²) in [5.41, 5.74) is 3.49. The molecule has 0 bridgehead atoms. The summed E-state index contributed by atoms with van der Waals surface area (Å²) in [5.74, 6) is 0.658. The van der Waals surface area contributed by atoms with E-state index in [0.29, 0.717) is 62.2 Å². The first kappa shape index (κ1) is 19.7. The number of hydrogen-bond acceptors (Lipinski definition) is 4. The summed E-state index contributed by atoms with van der Waals surface area (Å²) in [6.45, 7) is 6.11. The minimum absolute atomic E-state index is 0.171. The molecule has 8 heteroatoms. The average molecular weight is 450 g/mol. The molecule has 0 N–H and O–H groups in total. The Hall–Kier alpha value is -3.22. The van der Waals surface area contributed by atoms with Gasteiger partial charge < -0.3 is 0 Å². The molecule has 0 aliphatic rings. The summed E-state index contributed by atoms with van der Waals surface area (Å²) >= 11 is 12.4. The van der Waals surface area contributed by atoms with Gasteiger partial charge in [0.15, 0.2) is 11.3 Å². The highest BCUT2D eigenvalue weighted by molar-refractivity contribution is 6.42. The normalized spacial score (nSPS) is 11.6. The van der Waals surface area contributed by atoms with E-state index in [1.807, 2.05) is 41.8 Å². The van der Waals surface area contributed by atoms with Gasteiger partial charge in [-0.15, -0.1) is 6.58 Å². The molecule has 154 valence electrons. The quantitative estimate of drug-likeness (QED) is 0.347. The molecule has 0 saturated carbocycles. The lowest BCUT2D eigenvalue weighted by atomic mass is 10.3. The maximum Gasteiger partial charge on any atom is 0.265 e. The van der Waals surface area contributed by atoms with Crippen molar-refractivity contribution >= 4 is 56.4 Å². The third-order valence-electron chi connectivity index (χ3n) is 5.23. The number of rotatable bonds is 4. The van der Waals surface area contributed by atoms with Crippen LogP contribution in [0.15, 0.2) is 59.9 Å². The number of halogens is 2. The van der Waals surface area contributed by atoms with E-state index in [-0.39, 0.29) is 5.56 Å². The first-order valence-corrected chi connectivity index (χ1v) is 10.6. The first-order chi connectivity index (χ1) is 15.0. The number of fused-ring (bicyclic) bond motifs is 4. The minimum Gasteiger partial charge on any atom is -0.292 e. The lowest BCUT2D eigenvalue weighted by molar-refractivity contribution is 0.698. The molecule has 3 heterocycles. The monoisotopic (exact) mass is 449 g/mol. The standard InChI is InChI=1S/C23H17Cl2N5O/c1-3-11-29-18(4-2)28-21-19(23(29)31)20-22(27-17-8-6-5-7-16(17)26-20)30(21)13-9-10-14(24)15(25)12-13/h3,5-10,12H,1,4,11H2,2H3. The van der Waals surface area contributed by atoms with Crippen molar-refractivity contribution in [3.63, 3.8) is 0 Å². The molecule has 0 amide bonds. The topological polar surface area (TPSA) is 65.6 Å². The van der Waals surface area contributed by atoms with Crippen LogP contribution in [-0.4, -0.2) is 24.1 Å². The molecule has 0 radical (unpaired) electrons. The first-order valence-electron chi connectivity index (χ1n) is 9.80. The van der Waals surface area contributed by atoms with E-state index in [0.717, 1.165) is 5.52 Å². The molecule has 0 fully saturated rings. The van der Waals surface area contributed by atoms with Gasteiger partial charge in [0.1, 0.15) is 16.7 Å². The van der Waals surface area contributed by atoms with Gasteiger partial charge in [0.05, 0.1) is 26.8 Å². The van der Waals surface area contributed by atoms with Crippen LogP contribution in [0.3, 0.4) is 0 Å². The minimum atomic E-state index is -0.171. The molecule has 0 spiro atoms. The zero-order valence-corrected chi connectivity index (χ0v) is 18.2. The summed E-state index contributed by atoms with van der Waals surface area (Å²) in [4.78, 5) is 28.0. The molecule has 0 atom stereocenters. The Morgan fingerprint density at radius 3 is 2.42 bits per heavy atom. The molecule has 5 aromatic rings. The SMILES string of the molecule is C=CCn1c(CC)nc2c(c1=O)c1nc3ccccc3nc1n2-c1ccc(Cl)c(Cl)c1. The third-order valence-corrected chi connectivity index (χ3v) is 5.97. The maximum absolute atomic E-state index is 13.6. The van der Waals surface area contributed by atoms with Gasteiger partial charge >= 0.3 is 0 Å². The van der Waals surface area contributed by atoms with Crippen molar-refractivity contribution in [3.8, 4) is 5.69 Å². The Balaban J connectivity index is 2.03.